The molecule has 31 heavy (non-hydrogen) atoms. The number of aromatic carboxylic acids is 1. The number of carbonyl (C=O) groups is 2. The minimum absolute atomic E-state index is 0.0593. The van der Waals surface area contributed by atoms with Crippen molar-refractivity contribution in [3.05, 3.63) is 75.5 Å². The van der Waals surface area contributed by atoms with E-state index >= 15 is 0 Å². The second-order valence-electron chi connectivity index (χ2n) is 6.22. The Kier molecular flexibility index (Phi) is 6.42. The van der Waals surface area contributed by atoms with Gasteiger partial charge in [0.2, 0.25) is 0 Å². The topological polar surface area (TPSA) is 96.3 Å². The van der Waals surface area contributed by atoms with Crippen molar-refractivity contribution in [2.75, 3.05) is 5.32 Å². The maximum absolute atomic E-state index is 13.1. The van der Waals surface area contributed by atoms with Crippen molar-refractivity contribution < 1.29 is 27.9 Å². The van der Waals surface area contributed by atoms with E-state index in [0.717, 1.165) is 10.7 Å². The summed E-state index contributed by atoms with van der Waals surface area (Å²) in [6.07, 6.45) is -4.68. The van der Waals surface area contributed by atoms with Gasteiger partial charge in [-0.25, -0.2) is 14.3 Å². The van der Waals surface area contributed by atoms with Crippen molar-refractivity contribution in [3.63, 3.8) is 0 Å². The van der Waals surface area contributed by atoms with Gasteiger partial charge in [0.15, 0.2) is 5.69 Å². The van der Waals surface area contributed by atoms with Gasteiger partial charge in [-0.1, -0.05) is 29.3 Å². The van der Waals surface area contributed by atoms with Crippen LogP contribution >= 0.6 is 23.2 Å². The Morgan fingerprint density at radius 3 is 2.45 bits per heavy atom. The van der Waals surface area contributed by atoms with Crippen molar-refractivity contribution in [1.82, 2.24) is 15.1 Å². The number of hydrogen-bond donors (Lipinski definition) is 3. The van der Waals surface area contributed by atoms with Crippen LogP contribution in [0.15, 0.2) is 48.5 Å². The summed E-state index contributed by atoms with van der Waals surface area (Å²) < 4.78 is 40.4. The summed E-state index contributed by atoms with van der Waals surface area (Å²) in [5.74, 6) is -1.23. The molecule has 0 spiro atoms. The van der Waals surface area contributed by atoms with Crippen LogP contribution in [0.1, 0.15) is 21.7 Å². The van der Waals surface area contributed by atoms with E-state index in [1.165, 1.54) is 30.3 Å². The summed E-state index contributed by atoms with van der Waals surface area (Å²) >= 11 is 11.8. The lowest BCUT2D eigenvalue weighted by molar-refractivity contribution is -0.141. The number of halogens is 5. The van der Waals surface area contributed by atoms with Crippen LogP contribution in [0.2, 0.25) is 10.0 Å². The first-order valence-electron chi connectivity index (χ1n) is 8.54. The summed E-state index contributed by atoms with van der Waals surface area (Å²) in [5, 5.41) is 17.6. The molecule has 2 amide bonds. The molecular weight excluding hydrogens is 460 g/mol. The fraction of sp³-hybridized carbons (Fsp3) is 0.105. The first-order valence-corrected chi connectivity index (χ1v) is 9.30. The molecule has 12 heteroatoms. The number of nitrogens with one attached hydrogen (secondary N) is 2. The predicted octanol–water partition coefficient (Wildman–Crippen LogP) is 5.22. The third-order valence-corrected chi connectivity index (χ3v) is 4.56. The Morgan fingerprint density at radius 1 is 1.10 bits per heavy atom. The van der Waals surface area contributed by atoms with Crippen LogP contribution in [0.5, 0.6) is 0 Å². The largest absolute Gasteiger partial charge is 0.478 e. The van der Waals surface area contributed by atoms with E-state index in [1.54, 1.807) is 12.1 Å². The number of nitrogens with zero attached hydrogens (tertiary/aromatic N) is 2. The van der Waals surface area contributed by atoms with Crippen LogP contribution in [0.25, 0.3) is 5.69 Å². The van der Waals surface area contributed by atoms with Crippen molar-refractivity contribution in [2.24, 2.45) is 0 Å². The molecule has 3 rings (SSSR count). The highest BCUT2D eigenvalue weighted by molar-refractivity contribution is 6.33. The minimum Gasteiger partial charge on any atom is -0.478 e. The number of carboxylic acid groups (broad SMARTS) is 1. The fourth-order valence-electron chi connectivity index (χ4n) is 2.63. The number of alkyl halides is 3. The quantitative estimate of drug-likeness (QED) is 0.474. The van der Waals surface area contributed by atoms with Crippen LogP contribution in [0.4, 0.5) is 23.7 Å². The minimum atomic E-state index is -4.68. The molecule has 3 N–H and O–H groups in total. The first-order chi connectivity index (χ1) is 14.5. The van der Waals surface area contributed by atoms with Gasteiger partial charge in [-0.05, 0) is 42.5 Å². The number of urea groups is 1. The lowest BCUT2D eigenvalue weighted by atomic mass is 10.2. The van der Waals surface area contributed by atoms with Crippen molar-refractivity contribution in [1.29, 1.82) is 0 Å². The maximum atomic E-state index is 13.1. The van der Waals surface area contributed by atoms with Crippen LogP contribution in [-0.4, -0.2) is 26.9 Å². The molecule has 0 radical (unpaired) electrons. The number of carboxylic acids is 1. The maximum Gasteiger partial charge on any atom is 0.435 e. The van der Waals surface area contributed by atoms with Crippen LogP contribution < -0.4 is 10.6 Å². The molecule has 0 fully saturated rings. The summed E-state index contributed by atoms with van der Waals surface area (Å²) in [4.78, 5) is 23.1. The number of rotatable bonds is 5. The molecule has 0 unspecified atom stereocenters. The van der Waals surface area contributed by atoms with Gasteiger partial charge in [0.1, 0.15) is 0 Å². The SMILES string of the molecule is O=C(NCc1cc(C(F)(F)F)nn1-c1cccc(Cl)c1)Nc1ccc(C(=O)O)c(Cl)c1. The fourth-order valence-corrected chi connectivity index (χ4v) is 3.07. The molecule has 0 aliphatic heterocycles. The molecule has 0 saturated heterocycles. The van der Waals surface area contributed by atoms with Crippen molar-refractivity contribution >= 4 is 40.9 Å². The smallest absolute Gasteiger partial charge is 0.435 e. The summed E-state index contributed by atoms with van der Waals surface area (Å²) in [7, 11) is 0. The van der Waals surface area contributed by atoms with E-state index in [9.17, 15) is 22.8 Å². The first kappa shape index (κ1) is 22.4. The molecule has 0 bridgehead atoms. The molecule has 1 heterocycles. The number of hydrogen-bond acceptors (Lipinski definition) is 3. The summed E-state index contributed by atoms with van der Waals surface area (Å²) in [6, 6.07) is 9.93. The lowest BCUT2D eigenvalue weighted by Gasteiger charge is -2.11. The highest BCUT2D eigenvalue weighted by atomic mass is 35.5. The van der Waals surface area contributed by atoms with Crippen LogP contribution in [0, 0.1) is 0 Å². The van der Waals surface area contributed by atoms with Crippen molar-refractivity contribution in [3.8, 4) is 5.69 Å². The zero-order valence-electron chi connectivity index (χ0n) is 15.4. The van der Waals surface area contributed by atoms with E-state index in [-0.39, 0.29) is 34.2 Å². The third-order valence-electron chi connectivity index (χ3n) is 4.01. The average Bonchev–Trinajstić information content (AvgIpc) is 3.11. The van der Waals surface area contributed by atoms with E-state index < -0.39 is 23.9 Å². The Labute approximate surface area is 183 Å². The molecule has 0 atom stereocenters. The highest BCUT2D eigenvalue weighted by Gasteiger charge is 2.35. The van der Waals surface area contributed by atoms with Gasteiger partial charge in [0.05, 0.1) is 28.5 Å². The van der Waals surface area contributed by atoms with Gasteiger partial charge in [-0.2, -0.15) is 18.3 Å². The zero-order valence-corrected chi connectivity index (χ0v) is 16.9. The number of benzene rings is 2. The predicted molar refractivity (Wildman–Crippen MR) is 108 cm³/mol. The third kappa shape index (κ3) is 5.47. The molecule has 1 aromatic heterocycles. The van der Waals surface area contributed by atoms with Crippen LogP contribution in [-0.2, 0) is 12.7 Å². The van der Waals surface area contributed by atoms with E-state index in [4.69, 9.17) is 28.3 Å². The highest BCUT2D eigenvalue weighted by Crippen LogP contribution is 2.30. The van der Waals surface area contributed by atoms with Gasteiger partial charge in [-0.3, -0.25) is 0 Å². The van der Waals surface area contributed by atoms with E-state index in [1.807, 2.05) is 0 Å². The Hall–Kier alpha value is -3.24. The molecule has 0 aliphatic rings. The average molecular weight is 473 g/mol. The molecule has 7 nitrogen and oxygen atoms in total. The molecular formula is C19H13Cl2F3N4O3. The second kappa shape index (κ2) is 8.86. The number of carbonyl (C=O) groups excluding carboxylic acids is 1. The van der Waals surface area contributed by atoms with Crippen LogP contribution in [0.3, 0.4) is 0 Å². The standard InChI is InChI=1S/C19H13Cl2F3N4O3/c20-10-2-1-3-12(6-10)28-13(8-16(27-28)19(22,23)24)9-25-18(31)26-11-4-5-14(17(29)30)15(21)7-11/h1-8H,9H2,(H,29,30)(H2,25,26,31). The molecule has 0 aliphatic carbocycles. The lowest BCUT2D eigenvalue weighted by Crippen LogP contribution is -2.29. The van der Waals surface area contributed by atoms with Gasteiger partial charge in [0, 0.05) is 10.7 Å². The van der Waals surface area contributed by atoms with Gasteiger partial charge >= 0.3 is 18.2 Å². The van der Waals surface area contributed by atoms with E-state index in [2.05, 4.69) is 15.7 Å². The monoisotopic (exact) mass is 472 g/mol. The van der Waals surface area contributed by atoms with E-state index in [0.29, 0.717) is 5.02 Å². The van der Waals surface area contributed by atoms with Gasteiger partial charge < -0.3 is 15.7 Å². The van der Waals surface area contributed by atoms with Gasteiger partial charge in [-0.15, -0.1) is 0 Å². The number of anilines is 1. The van der Waals surface area contributed by atoms with Gasteiger partial charge in [0.25, 0.3) is 0 Å². The normalized spacial score (nSPS) is 11.3. The summed E-state index contributed by atoms with van der Waals surface area (Å²) in [5.41, 5.74) is -0.717. The molecule has 0 saturated carbocycles. The number of amides is 2. The molecule has 3 aromatic rings. The Balaban J connectivity index is 1.77. The molecule has 162 valence electrons. The zero-order chi connectivity index (χ0) is 22.8. The Morgan fingerprint density at radius 2 is 1.84 bits per heavy atom. The Bertz CT molecular complexity index is 1150. The van der Waals surface area contributed by atoms with Crippen molar-refractivity contribution in [2.45, 2.75) is 12.7 Å². The molecule has 2 aromatic carbocycles. The summed E-state index contributed by atoms with van der Waals surface area (Å²) in [6.45, 7) is -0.289. The number of aromatic nitrogens is 2. The second-order valence-corrected chi connectivity index (χ2v) is 7.06.